The molecule has 6 heteroatoms. The SMILES string of the molecule is COc1cccc(N2C(=O)/C(=C\c3cccs3)N=C2SC)c1. The Hall–Kier alpha value is -2.05. The third kappa shape index (κ3) is 2.80. The number of thioether (sulfide) groups is 1. The molecule has 1 aliphatic heterocycles. The van der Waals surface area contributed by atoms with Crippen molar-refractivity contribution in [3.05, 3.63) is 52.4 Å². The van der Waals surface area contributed by atoms with Crippen molar-refractivity contribution in [2.75, 3.05) is 18.3 Å². The Labute approximate surface area is 137 Å². The average Bonchev–Trinajstić information content (AvgIpc) is 3.16. The number of ether oxygens (including phenoxy) is 1. The molecule has 4 nitrogen and oxygen atoms in total. The van der Waals surface area contributed by atoms with E-state index in [2.05, 4.69) is 4.99 Å². The van der Waals surface area contributed by atoms with Gasteiger partial charge in [0.1, 0.15) is 11.4 Å². The molecular weight excluding hydrogens is 316 g/mol. The first-order chi connectivity index (χ1) is 10.7. The molecule has 22 heavy (non-hydrogen) atoms. The van der Waals surface area contributed by atoms with Crippen LogP contribution in [0.3, 0.4) is 0 Å². The summed E-state index contributed by atoms with van der Waals surface area (Å²) in [6.45, 7) is 0. The van der Waals surface area contributed by atoms with Crippen molar-refractivity contribution in [3.8, 4) is 5.75 Å². The predicted octanol–water partition coefficient (Wildman–Crippen LogP) is 3.86. The van der Waals surface area contributed by atoms with Crippen molar-refractivity contribution in [2.24, 2.45) is 4.99 Å². The molecule has 0 aliphatic carbocycles. The Bertz CT molecular complexity index is 751. The van der Waals surface area contributed by atoms with E-state index in [1.54, 1.807) is 23.3 Å². The second-order valence-corrected chi connectivity index (χ2v) is 6.24. The second-order valence-electron chi connectivity index (χ2n) is 4.49. The maximum atomic E-state index is 12.7. The smallest absolute Gasteiger partial charge is 0.283 e. The number of thiophene rings is 1. The topological polar surface area (TPSA) is 41.9 Å². The number of hydrogen-bond acceptors (Lipinski definition) is 5. The van der Waals surface area contributed by atoms with Gasteiger partial charge in [-0.2, -0.15) is 0 Å². The number of amides is 1. The van der Waals surface area contributed by atoms with Crippen LogP contribution in [-0.4, -0.2) is 24.4 Å². The fourth-order valence-electron chi connectivity index (χ4n) is 2.12. The molecule has 1 aromatic heterocycles. The second kappa shape index (κ2) is 6.37. The molecule has 1 amide bonds. The first kappa shape index (κ1) is 14.9. The molecule has 112 valence electrons. The normalized spacial score (nSPS) is 16.3. The zero-order chi connectivity index (χ0) is 15.5. The molecule has 0 atom stereocenters. The van der Waals surface area contributed by atoms with E-state index in [1.807, 2.05) is 54.1 Å². The number of hydrogen-bond donors (Lipinski definition) is 0. The van der Waals surface area contributed by atoms with E-state index in [0.717, 1.165) is 10.6 Å². The summed E-state index contributed by atoms with van der Waals surface area (Å²) in [6, 6.07) is 11.3. The van der Waals surface area contributed by atoms with Crippen LogP contribution < -0.4 is 9.64 Å². The molecule has 1 aliphatic rings. The van der Waals surface area contributed by atoms with Gasteiger partial charge in [0.05, 0.1) is 12.8 Å². The highest BCUT2D eigenvalue weighted by Gasteiger charge is 2.31. The fraction of sp³-hybridized carbons (Fsp3) is 0.125. The largest absolute Gasteiger partial charge is 0.497 e. The van der Waals surface area contributed by atoms with Gasteiger partial charge in [0.2, 0.25) is 0 Å². The molecule has 0 saturated carbocycles. The van der Waals surface area contributed by atoms with Gasteiger partial charge < -0.3 is 4.74 Å². The minimum Gasteiger partial charge on any atom is -0.497 e. The number of carbonyl (C=O) groups excluding carboxylic acids is 1. The number of anilines is 1. The summed E-state index contributed by atoms with van der Waals surface area (Å²) in [4.78, 5) is 19.8. The summed E-state index contributed by atoms with van der Waals surface area (Å²) in [5.41, 5.74) is 1.21. The Morgan fingerprint density at radius 2 is 2.18 bits per heavy atom. The van der Waals surface area contributed by atoms with Crippen molar-refractivity contribution in [1.29, 1.82) is 0 Å². The molecule has 0 radical (unpaired) electrons. The van der Waals surface area contributed by atoms with E-state index in [1.165, 1.54) is 11.8 Å². The molecule has 0 unspecified atom stereocenters. The van der Waals surface area contributed by atoms with Crippen molar-refractivity contribution >= 4 is 45.9 Å². The summed E-state index contributed by atoms with van der Waals surface area (Å²) < 4.78 is 5.23. The Morgan fingerprint density at radius 3 is 2.86 bits per heavy atom. The van der Waals surface area contributed by atoms with E-state index in [0.29, 0.717) is 16.6 Å². The number of rotatable bonds is 3. The van der Waals surface area contributed by atoms with Gasteiger partial charge in [-0.05, 0) is 35.9 Å². The lowest BCUT2D eigenvalue weighted by atomic mass is 10.2. The monoisotopic (exact) mass is 330 g/mol. The van der Waals surface area contributed by atoms with Crippen molar-refractivity contribution < 1.29 is 9.53 Å². The first-order valence-corrected chi connectivity index (χ1v) is 8.70. The number of benzene rings is 1. The van der Waals surface area contributed by atoms with Crippen molar-refractivity contribution in [3.63, 3.8) is 0 Å². The molecular formula is C16H14N2O2S2. The van der Waals surface area contributed by atoms with Crippen LogP contribution in [0.25, 0.3) is 6.08 Å². The van der Waals surface area contributed by atoms with Crippen LogP contribution in [-0.2, 0) is 4.79 Å². The highest BCUT2D eigenvalue weighted by atomic mass is 32.2. The van der Waals surface area contributed by atoms with E-state index < -0.39 is 0 Å². The highest BCUT2D eigenvalue weighted by molar-refractivity contribution is 8.13. The van der Waals surface area contributed by atoms with Gasteiger partial charge in [-0.25, -0.2) is 4.99 Å². The molecule has 0 bridgehead atoms. The fourth-order valence-corrected chi connectivity index (χ4v) is 3.33. The Morgan fingerprint density at radius 1 is 1.32 bits per heavy atom. The number of aliphatic imine (C=N–C) groups is 1. The first-order valence-electron chi connectivity index (χ1n) is 6.59. The highest BCUT2D eigenvalue weighted by Crippen LogP contribution is 2.30. The van der Waals surface area contributed by atoms with Crippen LogP contribution in [0.15, 0.2) is 52.5 Å². The van der Waals surface area contributed by atoms with E-state index in [-0.39, 0.29) is 5.91 Å². The Kier molecular flexibility index (Phi) is 4.31. The standard InChI is InChI=1S/C16H14N2O2S2/c1-20-12-6-3-5-11(9-12)18-15(19)14(17-16(18)21-2)10-13-7-4-8-22-13/h3-10H,1-2H3/b14-10+. The minimum absolute atomic E-state index is 0.119. The predicted molar refractivity (Wildman–Crippen MR) is 93.7 cm³/mol. The number of carbonyl (C=O) groups is 1. The van der Waals surface area contributed by atoms with E-state index in [9.17, 15) is 4.79 Å². The van der Waals surface area contributed by atoms with Gasteiger partial charge in [-0.1, -0.05) is 23.9 Å². The van der Waals surface area contributed by atoms with Gasteiger partial charge >= 0.3 is 0 Å². The molecule has 2 heterocycles. The quantitative estimate of drug-likeness (QED) is 0.803. The van der Waals surface area contributed by atoms with Crippen molar-refractivity contribution in [2.45, 2.75) is 0 Å². The van der Waals surface area contributed by atoms with Crippen LogP contribution in [0.5, 0.6) is 5.75 Å². The van der Waals surface area contributed by atoms with Gasteiger partial charge in [0.15, 0.2) is 5.17 Å². The average molecular weight is 330 g/mol. The summed E-state index contributed by atoms with van der Waals surface area (Å²) in [7, 11) is 1.61. The van der Waals surface area contributed by atoms with Gasteiger partial charge in [-0.3, -0.25) is 9.69 Å². The maximum absolute atomic E-state index is 12.7. The Balaban J connectivity index is 1.98. The molecule has 2 aromatic rings. The lowest BCUT2D eigenvalue weighted by Gasteiger charge is -2.17. The summed E-state index contributed by atoms with van der Waals surface area (Å²) in [5, 5.41) is 2.64. The molecule has 0 spiro atoms. The van der Waals surface area contributed by atoms with Crippen LogP contribution in [0.1, 0.15) is 4.88 Å². The van der Waals surface area contributed by atoms with Gasteiger partial charge in [0.25, 0.3) is 5.91 Å². The lowest BCUT2D eigenvalue weighted by molar-refractivity contribution is -0.113. The third-order valence-corrected chi connectivity index (χ3v) is 4.60. The van der Waals surface area contributed by atoms with Crippen LogP contribution in [0, 0.1) is 0 Å². The molecule has 0 N–H and O–H groups in total. The minimum atomic E-state index is -0.119. The summed E-state index contributed by atoms with van der Waals surface area (Å²) in [5.74, 6) is 0.590. The number of methoxy groups -OCH3 is 1. The summed E-state index contributed by atoms with van der Waals surface area (Å²) >= 11 is 3.03. The van der Waals surface area contributed by atoms with Crippen LogP contribution >= 0.6 is 23.1 Å². The molecule has 3 rings (SSSR count). The van der Waals surface area contributed by atoms with Gasteiger partial charge in [-0.15, -0.1) is 11.3 Å². The van der Waals surface area contributed by atoms with Crippen molar-refractivity contribution in [1.82, 2.24) is 0 Å². The lowest BCUT2D eigenvalue weighted by Crippen LogP contribution is -2.30. The van der Waals surface area contributed by atoms with E-state index in [4.69, 9.17) is 4.74 Å². The molecule has 0 saturated heterocycles. The zero-order valence-electron chi connectivity index (χ0n) is 12.1. The summed E-state index contributed by atoms with van der Waals surface area (Å²) in [6.07, 6.45) is 3.73. The third-order valence-electron chi connectivity index (χ3n) is 3.15. The number of amidine groups is 1. The molecule has 0 fully saturated rings. The van der Waals surface area contributed by atoms with Gasteiger partial charge in [0, 0.05) is 10.9 Å². The molecule has 1 aromatic carbocycles. The number of nitrogens with zero attached hydrogens (tertiary/aromatic N) is 2. The zero-order valence-corrected chi connectivity index (χ0v) is 13.8. The maximum Gasteiger partial charge on any atom is 0.283 e. The van der Waals surface area contributed by atoms with E-state index >= 15 is 0 Å². The van der Waals surface area contributed by atoms with Crippen LogP contribution in [0.4, 0.5) is 5.69 Å². The van der Waals surface area contributed by atoms with Crippen LogP contribution in [0.2, 0.25) is 0 Å².